The van der Waals surface area contributed by atoms with Crippen molar-refractivity contribution in [2.24, 2.45) is 0 Å². The Balaban J connectivity index is 1.54. The average molecular weight is 421 g/mol. The number of halogens is 1. The molecule has 0 unspecified atom stereocenters. The maximum Gasteiger partial charge on any atom is 0.266 e. The van der Waals surface area contributed by atoms with Gasteiger partial charge in [0.1, 0.15) is 0 Å². The van der Waals surface area contributed by atoms with E-state index in [1.54, 1.807) is 66.7 Å². The topological polar surface area (TPSA) is 66.5 Å². The molecule has 0 bridgehead atoms. The lowest BCUT2D eigenvalue weighted by molar-refractivity contribution is 0.0924. The number of imide groups is 1. The predicted molar refractivity (Wildman–Crippen MR) is 106 cm³/mol. The van der Waals surface area contributed by atoms with E-state index in [2.05, 4.69) is 21.2 Å². The number of amides is 3. The molecule has 0 saturated carbocycles. The molecule has 1 heterocycles. The van der Waals surface area contributed by atoms with Gasteiger partial charge in [-0.3, -0.25) is 14.4 Å². The first-order valence-electron chi connectivity index (χ1n) is 8.19. The highest BCUT2D eigenvalue weighted by Crippen LogP contribution is 2.29. The summed E-state index contributed by atoms with van der Waals surface area (Å²) in [4.78, 5) is 38.5. The Hall–Kier alpha value is -3.25. The molecule has 1 N–H and O–H groups in total. The van der Waals surface area contributed by atoms with Gasteiger partial charge in [0.15, 0.2) is 0 Å². The summed E-state index contributed by atoms with van der Waals surface area (Å²) in [5, 5.41) is 2.79. The largest absolute Gasteiger partial charge is 0.322 e. The molecule has 0 atom stereocenters. The minimum absolute atomic E-state index is 0.246. The number of fused-ring (bicyclic) bond motifs is 1. The van der Waals surface area contributed by atoms with Gasteiger partial charge in [-0.1, -0.05) is 34.1 Å². The van der Waals surface area contributed by atoms with Crippen molar-refractivity contribution < 1.29 is 14.4 Å². The number of nitrogens with zero attached hydrogens (tertiary/aromatic N) is 1. The van der Waals surface area contributed by atoms with E-state index in [0.29, 0.717) is 28.1 Å². The molecule has 0 radical (unpaired) electrons. The molecular formula is C21H13BrN2O3. The standard InChI is InChI=1S/C21H13BrN2O3/c22-14-5-3-4-13(12-14)19(25)23-15-8-10-16(11-9-15)24-20(26)17-6-1-2-7-18(17)21(24)27/h1-12H,(H,23,25). The monoisotopic (exact) mass is 420 g/mol. The highest BCUT2D eigenvalue weighted by Gasteiger charge is 2.36. The minimum atomic E-state index is -0.346. The minimum Gasteiger partial charge on any atom is -0.322 e. The predicted octanol–water partition coefficient (Wildman–Crippen LogP) is 4.50. The van der Waals surface area contributed by atoms with Crippen LogP contribution in [0, 0.1) is 0 Å². The Kier molecular flexibility index (Phi) is 4.33. The van der Waals surface area contributed by atoms with Crippen molar-refractivity contribution in [3.05, 3.63) is 94.0 Å². The highest BCUT2D eigenvalue weighted by molar-refractivity contribution is 9.10. The fraction of sp³-hybridized carbons (Fsp3) is 0. The van der Waals surface area contributed by atoms with Crippen LogP contribution < -0.4 is 10.2 Å². The molecule has 132 valence electrons. The zero-order valence-corrected chi connectivity index (χ0v) is 15.6. The van der Waals surface area contributed by atoms with Crippen molar-refractivity contribution in [2.45, 2.75) is 0 Å². The summed E-state index contributed by atoms with van der Waals surface area (Å²) in [6.07, 6.45) is 0. The van der Waals surface area contributed by atoms with E-state index in [0.717, 1.165) is 9.37 Å². The number of anilines is 2. The fourth-order valence-corrected chi connectivity index (χ4v) is 3.35. The first-order valence-corrected chi connectivity index (χ1v) is 8.99. The van der Waals surface area contributed by atoms with Gasteiger partial charge in [-0.05, 0) is 54.6 Å². The van der Waals surface area contributed by atoms with Gasteiger partial charge in [0.2, 0.25) is 0 Å². The molecule has 0 saturated heterocycles. The number of carbonyl (C=O) groups excluding carboxylic acids is 3. The summed E-state index contributed by atoms with van der Waals surface area (Å²) in [6, 6.07) is 20.4. The van der Waals surface area contributed by atoms with Crippen LogP contribution in [0.25, 0.3) is 0 Å². The number of hydrogen-bond acceptors (Lipinski definition) is 3. The molecule has 3 aromatic rings. The normalized spacial score (nSPS) is 12.9. The molecule has 3 amide bonds. The van der Waals surface area contributed by atoms with E-state index in [1.807, 2.05) is 6.07 Å². The summed E-state index contributed by atoms with van der Waals surface area (Å²) in [5.41, 5.74) is 2.35. The van der Waals surface area contributed by atoms with Crippen LogP contribution >= 0.6 is 15.9 Å². The van der Waals surface area contributed by atoms with Gasteiger partial charge in [0, 0.05) is 15.7 Å². The van der Waals surface area contributed by atoms with Crippen LogP contribution in [-0.4, -0.2) is 17.7 Å². The number of hydrogen-bond donors (Lipinski definition) is 1. The van der Waals surface area contributed by atoms with Crippen molar-refractivity contribution >= 4 is 45.0 Å². The second kappa shape index (κ2) is 6.81. The van der Waals surface area contributed by atoms with Gasteiger partial charge in [0.25, 0.3) is 17.7 Å². The molecule has 1 aliphatic heterocycles. The molecule has 0 aromatic heterocycles. The van der Waals surface area contributed by atoms with E-state index in [4.69, 9.17) is 0 Å². The molecular weight excluding hydrogens is 408 g/mol. The summed E-state index contributed by atoms with van der Waals surface area (Å²) in [5.74, 6) is -0.937. The van der Waals surface area contributed by atoms with E-state index in [1.165, 1.54) is 0 Å². The average Bonchev–Trinajstić information content (AvgIpc) is 2.93. The van der Waals surface area contributed by atoms with Gasteiger partial charge in [-0.15, -0.1) is 0 Å². The highest BCUT2D eigenvalue weighted by atomic mass is 79.9. The fourth-order valence-electron chi connectivity index (χ4n) is 2.95. The van der Waals surface area contributed by atoms with Crippen LogP contribution in [0.15, 0.2) is 77.3 Å². The second-order valence-electron chi connectivity index (χ2n) is 6.00. The number of nitrogens with one attached hydrogen (secondary N) is 1. The van der Waals surface area contributed by atoms with Crippen LogP contribution in [-0.2, 0) is 0 Å². The van der Waals surface area contributed by atoms with Crippen molar-refractivity contribution in [2.75, 3.05) is 10.2 Å². The zero-order chi connectivity index (χ0) is 19.0. The van der Waals surface area contributed by atoms with E-state index < -0.39 is 0 Å². The molecule has 0 aliphatic carbocycles. The van der Waals surface area contributed by atoms with Crippen molar-refractivity contribution in [3.8, 4) is 0 Å². The van der Waals surface area contributed by atoms with Crippen LogP contribution in [0.5, 0.6) is 0 Å². The van der Waals surface area contributed by atoms with E-state index in [-0.39, 0.29) is 17.7 Å². The zero-order valence-electron chi connectivity index (χ0n) is 14.0. The summed E-state index contributed by atoms with van der Waals surface area (Å²) in [7, 11) is 0. The molecule has 0 fully saturated rings. The third-order valence-electron chi connectivity index (χ3n) is 4.26. The Morgan fingerprint density at radius 1 is 0.815 bits per heavy atom. The second-order valence-corrected chi connectivity index (χ2v) is 6.92. The third-order valence-corrected chi connectivity index (χ3v) is 4.76. The summed E-state index contributed by atoms with van der Waals surface area (Å²) >= 11 is 3.34. The quantitative estimate of drug-likeness (QED) is 0.634. The molecule has 6 heteroatoms. The van der Waals surface area contributed by atoms with Gasteiger partial charge in [-0.2, -0.15) is 0 Å². The first kappa shape index (κ1) is 17.2. The van der Waals surface area contributed by atoms with Crippen LogP contribution in [0.1, 0.15) is 31.1 Å². The maximum atomic E-state index is 12.5. The van der Waals surface area contributed by atoms with Crippen LogP contribution in [0.4, 0.5) is 11.4 Å². The number of carbonyl (C=O) groups is 3. The van der Waals surface area contributed by atoms with E-state index in [9.17, 15) is 14.4 Å². The molecule has 3 aromatic carbocycles. The van der Waals surface area contributed by atoms with Crippen LogP contribution in [0.3, 0.4) is 0 Å². The Labute approximate surface area is 163 Å². The van der Waals surface area contributed by atoms with Gasteiger partial charge >= 0.3 is 0 Å². The third kappa shape index (κ3) is 3.15. The molecule has 27 heavy (non-hydrogen) atoms. The Morgan fingerprint density at radius 3 is 2.04 bits per heavy atom. The van der Waals surface area contributed by atoms with Crippen molar-refractivity contribution in [3.63, 3.8) is 0 Å². The summed E-state index contributed by atoms with van der Waals surface area (Å²) in [6.45, 7) is 0. The van der Waals surface area contributed by atoms with Crippen molar-refractivity contribution in [1.82, 2.24) is 0 Å². The van der Waals surface area contributed by atoms with Gasteiger partial charge in [0.05, 0.1) is 16.8 Å². The smallest absolute Gasteiger partial charge is 0.266 e. The van der Waals surface area contributed by atoms with Gasteiger partial charge in [-0.25, -0.2) is 4.90 Å². The summed E-state index contributed by atoms with van der Waals surface area (Å²) < 4.78 is 0.816. The lowest BCUT2D eigenvalue weighted by Crippen LogP contribution is -2.29. The van der Waals surface area contributed by atoms with E-state index >= 15 is 0 Å². The Bertz CT molecular complexity index is 1040. The lowest BCUT2D eigenvalue weighted by atomic mass is 10.1. The van der Waals surface area contributed by atoms with Gasteiger partial charge < -0.3 is 5.32 Å². The molecule has 5 nitrogen and oxygen atoms in total. The SMILES string of the molecule is O=C(Nc1ccc(N2C(=O)c3ccccc3C2=O)cc1)c1cccc(Br)c1. The lowest BCUT2D eigenvalue weighted by Gasteiger charge is -2.14. The van der Waals surface area contributed by atoms with Crippen molar-refractivity contribution in [1.29, 1.82) is 0 Å². The maximum absolute atomic E-state index is 12.5. The van der Waals surface area contributed by atoms with Crippen LogP contribution in [0.2, 0.25) is 0 Å². The number of rotatable bonds is 3. The Morgan fingerprint density at radius 2 is 1.44 bits per heavy atom. The first-order chi connectivity index (χ1) is 13.0. The molecule has 4 rings (SSSR count). The molecule has 1 aliphatic rings. The number of benzene rings is 3. The molecule has 0 spiro atoms.